The summed E-state index contributed by atoms with van der Waals surface area (Å²) in [4.78, 5) is 26.2. The van der Waals surface area contributed by atoms with Crippen LogP contribution in [0.2, 0.25) is 0 Å². The fourth-order valence-corrected chi connectivity index (χ4v) is 2.56. The minimum absolute atomic E-state index is 0.135. The van der Waals surface area contributed by atoms with Crippen LogP contribution in [0.5, 0.6) is 0 Å². The number of carboxylic acids is 1. The number of β-amino-alcohol motifs (C(OH)–C–C–N with tert-alkyl or cyclic N) is 1. The molecule has 0 aromatic rings. The number of aliphatic carboxylic acids is 1. The number of likely N-dealkylation sites (tertiary alicyclic amines) is 2. The lowest BCUT2D eigenvalue weighted by Crippen LogP contribution is -2.50. The van der Waals surface area contributed by atoms with E-state index >= 15 is 0 Å². The molecule has 6 heteroatoms. The molecule has 2 amide bonds. The second-order valence-electron chi connectivity index (χ2n) is 5.33. The average molecular weight is 256 g/mol. The van der Waals surface area contributed by atoms with Gasteiger partial charge in [-0.25, -0.2) is 4.79 Å². The number of carbonyl (C=O) groups is 2. The molecule has 0 saturated carbocycles. The van der Waals surface area contributed by atoms with E-state index < -0.39 is 18.0 Å². The smallest absolute Gasteiger partial charge is 0.320 e. The van der Waals surface area contributed by atoms with Crippen molar-refractivity contribution in [2.24, 2.45) is 11.8 Å². The first-order valence-corrected chi connectivity index (χ1v) is 6.43. The van der Waals surface area contributed by atoms with Gasteiger partial charge in [-0.05, 0) is 18.8 Å². The first-order valence-electron chi connectivity index (χ1n) is 6.43. The van der Waals surface area contributed by atoms with Crippen LogP contribution in [-0.2, 0) is 4.79 Å². The minimum atomic E-state index is -0.836. The van der Waals surface area contributed by atoms with E-state index in [1.54, 1.807) is 9.80 Å². The summed E-state index contributed by atoms with van der Waals surface area (Å²) < 4.78 is 0. The van der Waals surface area contributed by atoms with Crippen molar-refractivity contribution in [1.29, 1.82) is 0 Å². The van der Waals surface area contributed by atoms with Crippen molar-refractivity contribution in [2.45, 2.75) is 25.9 Å². The summed E-state index contributed by atoms with van der Waals surface area (Å²) in [6, 6.07) is -0.135. The summed E-state index contributed by atoms with van der Waals surface area (Å²) in [6.45, 7) is 3.76. The standard InChI is InChI=1S/C12H20N2O4/c1-8-2-4-14(7-10(8)15)12(18)13-5-3-9(6-13)11(16)17/h8-10,15H,2-7H2,1H3,(H,16,17). The van der Waals surface area contributed by atoms with E-state index in [1.807, 2.05) is 6.92 Å². The molecule has 0 radical (unpaired) electrons. The first kappa shape index (κ1) is 13.1. The van der Waals surface area contributed by atoms with E-state index in [0.29, 0.717) is 26.1 Å². The fourth-order valence-electron chi connectivity index (χ4n) is 2.56. The van der Waals surface area contributed by atoms with Crippen molar-refractivity contribution in [1.82, 2.24) is 9.80 Å². The number of amides is 2. The Kier molecular flexibility index (Phi) is 3.75. The molecule has 2 aliphatic rings. The fraction of sp³-hybridized carbons (Fsp3) is 0.833. The Labute approximate surface area is 106 Å². The number of urea groups is 1. The van der Waals surface area contributed by atoms with E-state index in [-0.39, 0.29) is 18.5 Å². The second-order valence-corrected chi connectivity index (χ2v) is 5.33. The number of nitrogens with zero attached hydrogens (tertiary/aromatic N) is 2. The number of hydrogen-bond acceptors (Lipinski definition) is 3. The number of piperidine rings is 1. The van der Waals surface area contributed by atoms with E-state index in [0.717, 1.165) is 6.42 Å². The molecule has 2 saturated heterocycles. The molecule has 0 spiro atoms. The molecule has 18 heavy (non-hydrogen) atoms. The van der Waals surface area contributed by atoms with Crippen molar-refractivity contribution in [3.63, 3.8) is 0 Å². The van der Waals surface area contributed by atoms with Crippen molar-refractivity contribution >= 4 is 12.0 Å². The van der Waals surface area contributed by atoms with Gasteiger partial charge in [0, 0.05) is 26.2 Å². The predicted octanol–water partition coefficient (Wildman–Crippen LogP) is 0.216. The van der Waals surface area contributed by atoms with Crippen LogP contribution >= 0.6 is 0 Å². The quantitative estimate of drug-likeness (QED) is 0.703. The summed E-state index contributed by atoms with van der Waals surface area (Å²) in [7, 11) is 0. The van der Waals surface area contributed by atoms with Crippen LogP contribution in [0.3, 0.4) is 0 Å². The van der Waals surface area contributed by atoms with Gasteiger partial charge in [0.1, 0.15) is 0 Å². The summed E-state index contributed by atoms with van der Waals surface area (Å²) in [5, 5.41) is 18.7. The van der Waals surface area contributed by atoms with Gasteiger partial charge in [0.15, 0.2) is 0 Å². The maximum atomic E-state index is 12.2. The van der Waals surface area contributed by atoms with Crippen LogP contribution < -0.4 is 0 Å². The van der Waals surface area contributed by atoms with Crippen LogP contribution in [0, 0.1) is 11.8 Å². The Bertz CT molecular complexity index is 347. The van der Waals surface area contributed by atoms with Gasteiger partial charge >= 0.3 is 12.0 Å². The van der Waals surface area contributed by atoms with Gasteiger partial charge in [0.2, 0.25) is 0 Å². The van der Waals surface area contributed by atoms with E-state index in [9.17, 15) is 14.7 Å². The Balaban J connectivity index is 1.90. The predicted molar refractivity (Wildman–Crippen MR) is 64.1 cm³/mol. The highest BCUT2D eigenvalue weighted by Gasteiger charge is 2.35. The first-order chi connectivity index (χ1) is 8.49. The Morgan fingerprint density at radius 2 is 1.72 bits per heavy atom. The summed E-state index contributed by atoms with van der Waals surface area (Å²) >= 11 is 0. The van der Waals surface area contributed by atoms with Crippen molar-refractivity contribution < 1.29 is 19.8 Å². The molecule has 0 aromatic heterocycles. The monoisotopic (exact) mass is 256 g/mol. The summed E-state index contributed by atoms with van der Waals surface area (Å²) in [6.07, 6.45) is 0.845. The third-order valence-electron chi connectivity index (χ3n) is 4.00. The van der Waals surface area contributed by atoms with Crippen molar-refractivity contribution in [3.8, 4) is 0 Å². The van der Waals surface area contributed by atoms with Gasteiger partial charge in [0.25, 0.3) is 0 Å². The van der Waals surface area contributed by atoms with Crippen LogP contribution in [0.25, 0.3) is 0 Å². The highest BCUT2D eigenvalue weighted by Crippen LogP contribution is 2.22. The normalized spacial score (nSPS) is 32.7. The molecule has 0 aromatic carbocycles. The zero-order valence-electron chi connectivity index (χ0n) is 10.6. The lowest BCUT2D eigenvalue weighted by atomic mass is 9.96. The minimum Gasteiger partial charge on any atom is -0.481 e. The molecule has 0 aliphatic carbocycles. The van der Waals surface area contributed by atoms with Crippen LogP contribution in [0.15, 0.2) is 0 Å². The van der Waals surface area contributed by atoms with Gasteiger partial charge < -0.3 is 20.0 Å². The third-order valence-corrected chi connectivity index (χ3v) is 4.00. The van der Waals surface area contributed by atoms with Crippen molar-refractivity contribution in [3.05, 3.63) is 0 Å². The number of carboxylic acid groups (broad SMARTS) is 1. The highest BCUT2D eigenvalue weighted by atomic mass is 16.4. The molecule has 2 N–H and O–H groups in total. The van der Waals surface area contributed by atoms with Gasteiger partial charge in [0.05, 0.1) is 12.0 Å². The molecule has 2 aliphatic heterocycles. The lowest BCUT2D eigenvalue weighted by molar-refractivity contribution is -0.141. The number of aliphatic hydroxyl groups excluding tert-OH is 1. The molecule has 6 nitrogen and oxygen atoms in total. The Morgan fingerprint density at radius 1 is 1.11 bits per heavy atom. The van der Waals surface area contributed by atoms with Crippen molar-refractivity contribution in [2.75, 3.05) is 26.2 Å². The molecule has 2 rings (SSSR count). The van der Waals surface area contributed by atoms with E-state index in [2.05, 4.69) is 0 Å². The van der Waals surface area contributed by atoms with Crippen LogP contribution in [0.1, 0.15) is 19.8 Å². The maximum Gasteiger partial charge on any atom is 0.320 e. The largest absolute Gasteiger partial charge is 0.481 e. The number of aliphatic hydroxyl groups is 1. The van der Waals surface area contributed by atoms with Gasteiger partial charge in [-0.15, -0.1) is 0 Å². The summed E-state index contributed by atoms with van der Waals surface area (Å²) in [5.74, 6) is -1.06. The van der Waals surface area contributed by atoms with Crippen LogP contribution in [0.4, 0.5) is 4.79 Å². The van der Waals surface area contributed by atoms with Crippen LogP contribution in [-0.4, -0.2) is 64.3 Å². The number of rotatable bonds is 1. The van der Waals surface area contributed by atoms with E-state index in [1.165, 1.54) is 0 Å². The molecular weight excluding hydrogens is 236 g/mol. The molecule has 0 bridgehead atoms. The zero-order valence-corrected chi connectivity index (χ0v) is 10.6. The topological polar surface area (TPSA) is 81.1 Å². The van der Waals surface area contributed by atoms with Gasteiger partial charge in [-0.1, -0.05) is 6.92 Å². The zero-order chi connectivity index (χ0) is 13.3. The SMILES string of the molecule is CC1CCN(C(=O)N2CCC(C(=O)O)C2)CC1O. The average Bonchev–Trinajstić information content (AvgIpc) is 2.81. The van der Waals surface area contributed by atoms with E-state index in [4.69, 9.17) is 5.11 Å². The molecule has 102 valence electrons. The maximum absolute atomic E-state index is 12.2. The molecule has 3 unspecified atom stereocenters. The number of carbonyl (C=O) groups excluding carboxylic acids is 1. The molecule has 3 atom stereocenters. The Morgan fingerprint density at radius 3 is 2.28 bits per heavy atom. The highest BCUT2D eigenvalue weighted by molar-refractivity contribution is 5.77. The number of hydrogen-bond donors (Lipinski definition) is 2. The Hall–Kier alpha value is -1.30. The molecule has 2 heterocycles. The van der Waals surface area contributed by atoms with Gasteiger partial charge in [-0.3, -0.25) is 4.79 Å². The lowest BCUT2D eigenvalue weighted by Gasteiger charge is -2.36. The third kappa shape index (κ3) is 2.58. The molecular formula is C12H20N2O4. The van der Waals surface area contributed by atoms with Gasteiger partial charge in [-0.2, -0.15) is 0 Å². The summed E-state index contributed by atoms with van der Waals surface area (Å²) in [5.41, 5.74) is 0. The molecule has 2 fully saturated rings. The second kappa shape index (κ2) is 5.14.